The Morgan fingerprint density at radius 1 is 1.25 bits per heavy atom. The van der Waals surface area contributed by atoms with Crippen LogP contribution in [0.2, 0.25) is 0 Å². The van der Waals surface area contributed by atoms with Crippen LogP contribution in [0.5, 0.6) is 5.75 Å². The van der Waals surface area contributed by atoms with Gasteiger partial charge in [0.15, 0.2) is 16.4 Å². The van der Waals surface area contributed by atoms with Crippen LogP contribution in [0.1, 0.15) is 39.7 Å². The second-order valence-electron chi connectivity index (χ2n) is 7.30. The molecule has 0 N–H and O–H groups in total. The summed E-state index contributed by atoms with van der Waals surface area (Å²) >= 11 is 0. The van der Waals surface area contributed by atoms with E-state index in [-0.39, 0.29) is 35.5 Å². The molecule has 0 spiro atoms. The molecule has 0 aromatic heterocycles. The van der Waals surface area contributed by atoms with E-state index in [1.54, 1.807) is 4.90 Å². The third-order valence-electron chi connectivity index (χ3n) is 4.39. The number of ether oxygens (including phenoxy) is 1. The van der Waals surface area contributed by atoms with Crippen molar-refractivity contribution in [3.63, 3.8) is 0 Å². The highest BCUT2D eigenvalue weighted by molar-refractivity contribution is 7.91. The average Bonchev–Trinajstić information content (AvgIpc) is 2.85. The highest BCUT2D eigenvalue weighted by atomic mass is 32.2. The van der Waals surface area contributed by atoms with Gasteiger partial charge in [-0.2, -0.15) is 0 Å². The van der Waals surface area contributed by atoms with Crippen molar-refractivity contribution < 1.29 is 17.9 Å². The summed E-state index contributed by atoms with van der Waals surface area (Å²) in [5, 5.41) is 0. The zero-order valence-electron chi connectivity index (χ0n) is 14.9. The van der Waals surface area contributed by atoms with Crippen molar-refractivity contribution in [3.05, 3.63) is 29.8 Å². The second-order valence-corrected chi connectivity index (χ2v) is 9.53. The second kappa shape index (κ2) is 7.13. The number of benzene rings is 1. The molecular weight excluding hydrogens is 326 g/mol. The summed E-state index contributed by atoms with van der Waals surface area (Å²) in [6, 6.07) is 7.51. The van der Waals surface area contributed by atoms with Crippen LogP contribution in [-0.4, -0.2) is 49.9 Å². The van der Waals surface area contributed by atoms with Crippen molar-refractivity contribution in [2.75, 3.05) is 24.7 Å². The van der Waals surface area contributed by atoms with Gasteiger partial charge in [0, 0.05) is 12.6 Å². The van der Waals surface area contributed by atoms with E-state index in [4.69, 9.17) is 4.74 Å². The van der Waals surface area contributed by atoms with Gasteiger partial charge in [-0.15, -0.1) is 0 Å². The number of carbonyl (C=O) groups is 1. The lowest BCUT2D eigenvalue weighted by atomic mass is 9.87. The number of likely N-dealkylation sites (N-methyl/N-ethyl adjacent to an activating group) is 1. The summed E-state index contributed by atoms with van der Waals surface area (Å²) in [6.07, 6.45) is 0.516. The van der Waals surface area contributed by atoms with E-state index in [1.807, 2.05) is 31.2 Å². The molecule has 0 saturated carbocycles. The van der Waals surface area contributed by atoms with Gasteiger partial charge in [0.2, 0.25) is 0 Å². The lowest BCUT2D eigenvalue weighted by molar-refractivity contribution is -0.135. The quantitative estimate of drug-likeness (QED) is 0.815. The minimum atomic E-state index is -3.00. The van der Waals surface area contributed by atoms with Gasteiger partial charge in [-0.3, -0.25) is 4.79 Å². The van der Waals surface area contributed by atoms with Crippen LogP contribution in [0.4, 0.5) is 0 Å². The molecule has 1 fully saturated rings. The zero-order chi connectivity index (χ0) is 18.0. The van der Waals surface area contributed by atoms with Gasteiger partial charge in [0.05, 0.1) is 11.5 Å². The third kappa shape index (κ3) is 4.72. The van der Waals surface area contributed by atoms with Crippen molar-refractivity contribution in [2.45, 2.75) is 45.6 Å². The molecule has 1 aromatic rings. The predicted octanol–water partition coefficient (Wildman–Crippen LogP) is 2.40. The Morgan fingerprint density at radius 2 is 1.88 bits per heavy atom. The van der Waals surface area contributed by atoms with Gasteiger partial charge in [-0.1, -0.05) is 32.9 Å². The molecule has 1 amide bonds. The molecule has 6 heteroatoms. The van der Waals surface area contributed by atoms with Gasteiger partial charge in [-0.25, -0.2) is 8.42 Å². The monoisotopic (exact) mass is 353 g/mol. The van der Waals surface area contributed by atoms with E-state index in [2.05, 4.69) is 20.8 Å². The topological polar surface area (TPSA) is 63.7 Å². The van der Waals surface area contributed by atoms with Crippen LogP contribution in [0.3, 0.4) is 0 Å². The Hall–Kier alpha value is -1.56. The number of carbonyl (C=O) groups excluding carboxylic acids is 1. The molecular formula is C18H27NO4S. The van der Waals surface area contributed by atoms with Gasteiger partial charge in [0.25, 0.3) is 5.91 Å². The van der Waals surface area contributed by atoms with Crippen LogP contribution >= 0.6 is 0 Å². The lowest BCUT2D eigenvalue weighted by Crippen LogP contribution is -2.43. The SMILES string of the molecule is CCN(C(=O)COc1ccc(C(C)(C)C)cc1)C1CCS(=O)(=O)C1. The fourth-order valence-corrected chi connectivity index (χ4v) is 4.67. The molecule has 0 aliphatic carbocycles. The summed E-state index contributed by atoms with van der Waals surface area (Å²) in [4.78, 5) is 14.0. The first kappa shape index (κ1) is 18.8. The number of rotatable bonds is 5. The predicted molar refractivity (Wildman–Crippen MR) is 95.1 cm³/mol. The Balaban J connectivity index is 1.94. The molecule has 1 aliphatic heterocycles. The fourth-order valence-electron chi connectivity index (χ4n) is 2.94. The normalized spacial score (nSPS) is 19.9. The molecule has 1 aliphatic rings. The largest absolute Gasteiger partial charge is 0.484 e. The van der Waals surface area contributed by atoms with E-state index in [0.29, 0.717) is 18.7 Å². The molecule has 1 saturated heterocycles. The van der Waals surface area contributed by atoms with E-state index >= 15 is 0 Å². The number of sulfone groups is 1. The van der Waals surface area contributed by atoms with E-state index in [0.717, 1.165) is 0 Å². The van der Waals surface area contributed by atoms with Crippen LogP contribution in [0.15, 0.2) is 24.3 Å². The van der Waals surface area contributed by atoms with Gasteiger partial charge in [0.1, 0.15) is 5.75 Å². The van der Waals surface area contributed by atoms with Crippen LogP contribution in [0, 0.1) is 0 Å². The van der Waals surface area contributed by atoms with Crippen molar-refractivity contribution in [3.8, 4) is 5.75 Å². The van der Waals surface area contributed by atoms with E-state index in [9.17, 15) is 13.2 Å². The molecule has 1 heterocycles. The summed E-state index contributed by atoms with van der Waals surface area (Å²) < 4.78 is 28.8. The molecule has 0 bridgehead atoms. The molecule has 0 radical (unpaired) electrons. The number of nitrogens with zero attached hydrogens (tertiary/aromatic N) is 1. The highest BCUT2D eigenvalue weighted by Crippen LogP contribution is 2.24. The molecule has 5 nitrogen and oxygen atoms in total. The minimum absolute atomic E-state index is 0.0624. The number of amides is 1. The first-order valence-corrected chi connectivity index (χ1v) is 10.2. The van der Waals surface area contributed by atoms with Gasteiger partial charge < -0.3 is 9.64 Å². The summed E-state index contributed by atoms with van der Waals surface area (Å²) in [5.74, 6) is 0.703. The van der Waals surface area contributed by atoms with Gasteiger partial charge >= 0.3 is 0 Å². The van der Waals surface area contributed by atoms with E-state index < -0.39 is 9.84 Å². The lowest BCUT2D eigenvalue weighted by Gasteiger charge is -2.26. The Kier molecular flexibility index (Phi) is 5.58. The van der Waals surface area contributed by atoms with Crippen LogP contribution < -0.4 is 4.74 Å². The standard InChI is InChI=1S/C18H27NO4S/c1-5-19(15-10-11-24(21,22)13-15)17(20)12-23-16-8-6-14(7-9-16)18(2,3)4/h6-9,15H,5,10-13H2,1-4H3. The van der Waals surface area contributed by atoms with Crippen molar-refractivity contribution >= 4 is 15.7 Å². The molecule has 2 rings (SSSR count). The average molecular weight is 353 g/mol. The fraction of sp³-hybridized carbons (Fsp3) is 0.611. The van der Waals surface area contributed by atoms with Crippen LogP contribution in [-0.2, 0) is 20.0 Å². The summed E-state index contributed by atoms with van der Waals surface area (Å²) in [6.45, 7) is 8.70. The first-order valence-electron chi connectivity index (χ1n) is 8.35. The molecule has 1 aromatic carbocycles. The summed E-state index contributed by atoms with van der Waals surface area (Å²) in [7, 11) is -3.00. The number of hydrogen-bond acceptors (Lipinski definition) is 4. The van der Waals surface area contributed by atoms with Crippen molar-refractivity contribution in [1.29, 1.82) is 0 Å². The zero-order valence-corrected chi connectivity index (χ0v) is 15.7. The minimum Gasteiger partial charge on any atom is -0.484 e. The summed E-state index contributed by atoms with van der Waals surface area (Å²) in [5.41, 5.74) is 1.27. The number of hydrogen-bond donors (Lipinski definition) is 0. The van der Waals surface area contributed by atoms with Crippen LogP contribution in [0.25, 0.3) is 0 Å². The maximum Gasteiger partial charge on any atom is 0.260 e. The Labute approximate surface area is 144 Å². The smallest absolute Gasteiger partial charge is 0.260 e. The van der Waals surface area contributed by atoms with Gasteiger partial charge in [-0.05, 0) is 36.5 Å². The van der Waals surface area contributed by atoms with Crippen molar-refractivity contribution in [1.82, 2.24) is 4.90 Å². The maximum absolute atomic E-state index is 12.4. The Bertz CT molecular complexity index is 674. The highest BCUT2D eigenvalue weighted by Gasteiger charge is 2.33. The molecule has 1 unspecified atom stereocenters. The molecule has 24 heavy (non-hydrogen) atoms. The Morgan fingerprint density at radius 3 is 2.33 bits per heavy atom. The molecule has 134 valence electrons. The maximum atomic E-state index is 12.4. The molecule has 1 atom stereocenters. The van der Waals surface area contributed by atoms with Crippen molar-refractivity contribution in [2.24, 2.45) is 0 Å². The third-order valence-corrected chi connectivity index (χ3v) is 6.14. The first-order chi connectivity index (χ1) is 11.1. The van der Waals surface area contributed by atoms with E-state index in [1.165, 1.54) is 5.56 Å².